The van der Waals surface area contributed by atoms with Crippen molar-refractivity contribution in [3.63, 3.8) is 0 Å². The van der Waals surface area contributed by atoms with Crippen LogP contribution in [-0.4, -0.2) is 26.9 Å². The summed E-state index contributed by atoms with van der Waals surface area (Å²) in [6.45, 7) is 9.42. The summed E-state index contributed by atoms with van der Waals surface area (Å²) in [4.78, 5) is 0. The summed E-state index contributed by atoms with van der Waals surface area (Å²) >= 11 is 0. The second-order valence-corrected chi connectivity index (χ2v) is 9.06. The molecule has 0 aromatic rings. The molecule has 0 aliphatic heterocycles. The zero-order valence-electron chi connectivity index (χ0n) is 7.52. The average molecular weight is 145 g/mol. The molecule has 0 spiro atoms. The molecule has 0 radical (unpaired) electrons. The molecule has 0 saturated carbocycles. The Morgan fingerprint density at radius 1 is 1.11 bits per heavy atom. The fourth-order valence-electron chi connectivity index (χ4n) is 0.516. The molecule has 0 saturated heterocycles. The van der Waals surface area contributed by atoms with Crippen LogP contribution in [0.1, 0.15) is 13.8 Å². The van der Waals surface area contributed by atoms with Crippen molar-refractivity contribution in [3.8, 4) is 0 Å². The van der Waals surface area contributed by atoms with Crippen molar-refractivity contribution in [3.05, 3.63) is 0 Å². The van der Waals surface area contributed by atoms with Gasteiger partial charge in [-0.3, -0.25) is 0 Å². The first-order valence-corrected chi connectivity index (χ1v) is 6.59. The molecular formula is C7H19NSi. The van der Waals surface area contributed by atoms with Gasteiger partial charge in [-0.2, -0.15) is 0 Å². The maximum atomic E-state index is 2.40. The van der Waals surface area contributed by atoms with E-state index < -0.39 is 8.24 Å². The largest absolute Gasteiger partial charge is 0.329 e. The summed E-state index contributed by atoms with van der Waals surface area (Å²) in [5.74, 6) is 0. The lowest BCUT2D eigenvalue weighted by molar-refractivity contribution is 0.602. The molecule has 0 bridgehead atoms. The van der Waals surface area contributed by atoms with Gasteiger partial charge in [0, 0.05) is 0 Å². The van der Waals surface area contributed by atoms with Crippen LogP contribution in [-0.2, 0) is 0 Å². The van der Waals surface area contributed by atoms with Crippen LogP contribution in [0, 0.1) is 0 Å². The fourth-order valence-corrected chi connectivity index (χ4v) is 1.55. The third-order valence-corrected chi connectivity index (χ3v) is 7.70. The predicted molar refractivity (Wildman–Crippen MR) is 46.3 cm³/mol. The minimum Gasteiger partial charge on any atom is -0.329 e. The maximum absolute atomic E-state index is 2.40. The first-order valence-electron chi connectivity index (χ1n) is 3.56. The van der Waals surface area contributed by atoms with Gasteiger partial charge in [0.1, 0.15) is 8.24 Å². The van der Waals surface area contributed by atoms with Crippen molar-refractivity contribution in [1.29, 1.82) is 0 Å². The third kappa shape index (κ3) is 2.10. The van der Waals surface area contributed by atoms with Gasteiger partial charge < -0.3 is 4.57 Å². The van der Waals surface area contributed by atoms with Crippen molar-refractivity contribution >= 4 is 8.24 Å². The smallest absolute Gasteiger partial charge is 0.124 e. The lowest BCUT2D eigenvalue weighted by Crippen LogP contribution is -2.45. The Morgan fingerprint density at radius 3 is 1.44 bits per heavy atom. The summed E-state index contributed by atoms with van der Waals surface area (Å²) in [5.41, 5.74) is 0.854. The molecule has 0 heterocycles. The molecule has 0 unspecified atom stereocenters. The van der Waals surface area contributed by atoms with E-state index in [4.69, 9.17) is 0 Å². The Balaban J connectivity index is 4.01. The van der Waals surface area contributed by atoms with Crippen molar-refractivity contribution < 1.29 is 0 Å². The Bertz CT molecular complexity index is 76.9. The molecule has 0 rings (SSSR count). The van der Waals surface area contributed by atoms with Crippen LogP contribution in [0.25, 0.3) is 0 Å². The van der Waals surface area contributed by atoms with E-state index in [1.165, 1.54) is 0 Å². The van der Waals surface area contributed by atoms with Gasteiger partial charge in [-0.05, 0) is 19.6 Å². The summed E-state index contributed by atoms with van der Waals surface area (Å²) in [6.07, 6.45) is 0. The Labute approximate surface area is 60.1 Å². The van der Waals surface area contributed by atoms with Gasteiger partial charge in [-0.25, -0.2) is 0 Å². The highest BCUT2D eigenvalue weighted by Crippen LogP contribution is 2.21. The second-order valence-electron chi connectivity index (χ2n) is 3.70. The van der Waals surface area contributed by atoms with E-state index in [0.29, 0.717) is 0 Å². The molecule has 0 aliphatic carbocycles. The second kappa shape index (κ2) is 2.84. The number of hydrogen-bond donors (Lipinski definition) is 0. The maximum Gasteiger partial charge on any atom is 0.124 e. The number of nitrogens with zero attached hydrogens (tertiary/aromatic N) is 1. The summed E-state index contributed by atoms with van der Waals surface area (Å²) in [5, 5.41) is 0. The number of rotatable bonds is 2. The molecule has 0 N–H and O–H groups in total. The van der Waals surface area contributed by atoms with Gasteiger partial charge in [0.2, 0.25) is 0 Å². The highest BCUT2D eigenvalue weighted by molar-refractivity contribution is 6.75. The lowest BCUT2D eigenvalue weighted by atomic mass is 10.6. The van der Waals surface area contributed by atoms with E-state index in [9.17, 15) is 0 Å². The molecular weight excluding hydrogens is 126 g/mol. The Morgan fingerprint density at radius 2 is 1.44 bits per heavy atom. The highest BCUT2D eigenvalue weighted by atomic mass is 28.3. The van der Waals surface area contributed by atoms with E-state index >= 15 is 0 Å². The standard InChI is InChI=1S/C7H19NSi/c1-7(2)9(5,6)8(3)4/h7H,1-6H3. The van der Waals surface area contributed by atoms with E-state index in [1.54, 1.807) is 0 Å². The molecule has 9 heavy (non-hydrogen) atoms. The van der Waals surface area contributed by atoms with Crippen LogP contribution < -0.4 is 0 Å². The van der Waals surface area contributed by atoms with Gasteiger partial charge in [0.25, 0.3) is 0 Å². The van der Waals surface area contributed by atoms with Gasteiger partial charge in [-0.15, -0.1) is 0 Å². The monoisotopic (exact) mass is 145 g/mol. The van der Waals surface area contributed by atoms with Crippen molar-refractivity contribution in [2.75, 3.05) is 14.1 Å². The SMILES string of the molecule is CC(C)[Si](C)(C)N(C)C. The molecule has 0 fully saturated rings. The molecule has 56 valence electrons. The predicted octanol–water partition coefficient (Wildman–Crippen LogP) is 2.16. The van der Waals surface area contributed by atoms with Crippen LogP contribution in [0.15, 0.2) is 0 Å². The van der Waals surface area contributed by atoms with Crippen LogP contribution in [0.3, 0.4) is 0 Å². The molecule has 0 amide bonds. The molecule has 2 heteroatoms. The minimum atomic E-state index is -1.02. The van der Waals surface area contributed by atoms with E-state index in [2.05, 4.69) is 45.6 Å². The van der Waals surface area contributed by atoms with Gasteiger partial charge in [0.15, 0.2) is 0 Å². The zero-order chi connectivity index (χ0) is 7.65. The molecule has 0 aromatic heterocycles. The quantitative estimate of drug-likeness (QED) is 0.538. The lowest BCUT2D eigenvalue weighted by Gasteiger charge is -2.33. The van der Waals surface area contributed by atoms with E-state index in [0.717, 1.165) is 5.54 Å². The van der Waals surface area contributed by atoms with Crippen molar-refractivity contribution in [2.45, 2.75) is 32.5 Å². The van der Waals surface area contributed by atoms with Gasteiger partial charge in [0.05, 0.1) is 0 Å². The third-order valence-electron chi connectivity index (χ3n) is 2.57. The van der Waals surface area contributed by atoms with Crippen LogP contribution in [0.2, 0.25) is 18.6 Å². The molecule has 0 aromatic carbocycles. The first-order chi connectivity index (χ1) is 3.89. The first kappa shape index (κ1) is 9.18. The molecule has 1 nitrogen and oxygen atoms in total. The minimum absolute atomic E-state index is 0.854. The fraction of sp³-hybridized carbons (Fsp3) is 1.00. The van der Waals surface area contributed by atoms with Crippen LogP contribution in [0.4, 0.5) is 0 Å². The average Bonchev–Trinajstić information content (AvgIpc) is 1.65. The summed E-state index contributed by atoms with van der Waals surface area (Å²) in [7, 11) is 3.35. The molecule has 0 aliphatic rings. The van der Waals surface area contributed by atoms with Gasteiger partial charge in [-0.1, -0.05) is 26.9 Å². The van der Waals surface area contributed by atoms with E-state index in [1.807, 2.05) is 0 Å². The Hall–Kier alpha value is 0.177. The summed E-state index contributed by atoms with van der Waals surface area (Å²) < 4.78 is 2.40. The van der Waals surface area contributed by atoms with Crippen molar-refractivity contribution in [2.24, 2.45) is 0 Å². The highest BCUT2D eigenvalue weighted by Gasteiger charge is 2.27. The van der Waals surface area contributed by atoms with Crippen LogP contribution >= 0.6 is 0 Å². The topological polar surface area (TPSA) is 3.24 Å². The van der Waals surface area contributed by atoms with Gasteiger partial charge >= 0.3 is 0 Å². The Kier molecular flexibility index (Phi) is 2.90. The van der Waals surface area contributed by atoms with Crippen molar-refractivity contribution in [1.82, 2.24) is 4.57 Å². The number of hydrogen-bond acceptors (Lipinski definition) is 1. The normalized spacial score (nSPS) is 13.3. The van der Waals surface area contributed by atoms with E-state index in [-0.39, 0.29) is 0 Å². The molecule has 0 atom stereocenters. The summed E-state index contributed by atoms with van der Waals surface area (Å²) in [6, 6.07) is 0. The zero-order valence-corrected chi connectivity index (χ0v) is 8.52. The van der Waals surface area contributed by atoms with Crippen LogP contribution in [0.5, 0.6) is 0 Å².